The number of nitro benzene ring substituents is 1. The van der Waals surface area contributed by atoms with E-state index in [0.29, 0.717) is 23.4 Å². The summed E-state index contributed by atoms with van der Waals surface area (Å²) in [5.41, 5.74) is 1.02. The van der Waals surface area contributed by atoms with Gasteiger partial charge < -0.3 is 19.5 Å². The average molecular weight is 348 g/mol. The normalized spacial score (nSPS) is 19.4. The number of hydrogen-bond acceptors (Lipinski definition) is 6. The monoisotopic (exact) mass is 348 g/mol. The molecule has 1 aromatic rings. The summed E-state index contributed by atoms with van der Waals surface area (Å²) in [5.74, 6) is 0.255. The van der Waals surface area contributed by atoms with E-state index in [1.54, 1.807) is 0 Å². The van der Waals surface area contributed by atoms with Crippen LogP contribution < -0.4 is 10.1 Å². The van der Waals surface area contributed by atoms with Crippen LogP contribution in [0.2, 0.25) is 0 Å². The molecule has 134 valence electrons. The van der Waals surface area contributed by atoms with E-state index in [0.717, 1.165) is 25.9 Å². The fourth-order valence-corrected chi connectivity index (χ4v) is 2.91. The Kier molecular flexibility index (Phi) is 5.62. The van der Waals surface area contributed by atoms with Crippen molar-refractivity contribution < 1.29 is 23.9 Å². The maximum atomic E-state index is 11.9. The van der Waals surface area contributed by atoms with Crippen molar-refractivity contribution in [3.63, 3.8) is 0 Å². The smallest absolute Gasteiger partial charge is 0.270 e. The van der Waals surface area contributed by atoms with Crippen LogP contribution in [-0.4, -0.2) is 36.9 Å². The molecule has 1 aromatic carbocycles. The fraction of sp³-hybridized carbons (Fsp3) is 0.471. The summed E-state index contributed by atoms with van der Waals surface area (Å²) in [6.45, 7) is 1.65. The van der Waals surface area contributed by atoms with Gasteiger partial charge in [-0.3, -0.25) is 14.9 Å². The van der Waals surface area contributed by atoms with E-state index in [4.69, 9.17) is 14.2 Å². The largest absolute Gasteiger partial charge is 0.467 e. The van der Waals surface area contributed by atoms with E-state index in [1.807, 2.05) is 0 Å². The summed E-state index contributed by atoms with van der Waals surface area (Å²) in [5, 5.41) is 13.8. The molecular formula is C17H20N2O6. The molecule has 0 bridgehead atoms. The minimum Gasteiger partial charge on any atom is -0.467 e. The van der Waals surface area contributed by atoms with Gasteiger partial charge in [-0.05, 0) is 25.3 Å². The van der Waals surface area contributed by atoms with Crippen LogP contribution in [0.5, 0.6) is 5.75 Å². The van der Waals surface area contributed by atoms with Gasteiger partial charge in [0.05, 0.1) is 17.6 Å². The third-order valence-corrected chi connectivity index (χ3v) is 4.14. The zero-order chi connectivity index (χ0) is 17.6. The van der Waals surface area contributed by atoms with E-state index in [-0.39, 0.29) is 31.1 Å². The van der Waals surface area contributed by atoms with Gasteiger partial charge in [0.2, 0.25) is 5.91 Å². The molecular weight excluding hydrogens is 328 g/mol. The van der Waals surface area contributed by atoms with Gasteiger partial charge in [0.25, 0.3) is 5.69 Å². The van der Waals surface area contributed by atoms with E-state index in [1.165, 1.54) is 24.3 Å². The first kappa shape index (κ1) is 17.4. The van der Waals surface area contributed by atoms with Gasteiger partial charge in [-0.15, -0.1) is 0 Å². The molecule has 25 heavy (non-hydrogen) atoms. The SMILES string of the molecule is O=C(/C=C\c1cc([N+](=O)[O-])cc2c1OCOC2)NCC[C@H]1CCCO1. The van der Waals surface area contributed by atoms with Crippen molar-refractivity contribution in [1.29, 1.82) is 0 Å². The molecule has 2 aliphatic rings. The number of nitrogens with one attached hydrogen (secondary N) is 1. The molecule has 2 heterocycles. The van der Waals surface area contributed by atoms with Gasteiger partial charge in [0.15, 0.2) is 6.79 Å². The lowest BCUT2D eigenvalue weighted by atomic mass is 10.1. The third-order valence-electron chi connectivity index (χ3n) is 4.14. The van der Waals surface area contributed by atoms with Crippen LogP contribution >= 0.6 is 0 Å². The van der Waals surface area contributed by atoms with Crippen LogP contribution in [0.3, 0.4) is 0 Å². The zero-order valence-corrected chi connectivity index (χ0v) is 13.7. The standard InChI is InChI=1S/C17H20N2O6/c20-16(18-6-5-15-2-1-7-24-15)4-3-12-8-14(19(21)22)9-13-10-23-11-25-17(12)13/h3-4,8-9,15H,1-2,5-7,10-11H2,(H,18,20)/b4-3-/t15-/m1/s1. The van der Waals surface area contributed by atoms with Gasteiger partial charge in [-0.1, -0.05) is 0 Å². The number of amides is 1. The van der Waals surface area contributed by atoms with Crippen LogP contribution in [0.1, 0.15) is 30.4 Å². The summed E-state index contributed by atoms with van der Waals surface area (Å²) in [6.07, 6.45) is 5.99. The Morgan fingerprint density at radius 1 is 1.44 bits per heavy atom. The van der Waals surface area contributed by atoms with Gasteiger partial charge >= 0.3 is 0 Å². The topological polar surface area (TPSA) is 99.9 Å². The number of nitrogens with zero attached hydrogens (tertiary/aromatic N) is 1. The highest BCUT2D eigenvalue weighted by Gasteiger charge is 2.20. The summed E-state index contributed by atoms with van der Waals surface area (Å²) < 4.78 is 16.1. The van der Waals surface area contributed by atoms with Gasteiger partial charge in [-0.2, -0.15) is 0 Å². The Morgan fingerprint density at radius 3 is 3.08 bits per heavy atom. The molecule has 0 radical (unpaired) electrons. The van der Waals surface area contributed by atoms with Crippen molar-refractivity contribution in [2.24, 2.45) is 0 Å². The van der Waals surface area contributed by atoms with E-state index in [9.17, 15) is 14.9 Å². The zero-order valence-electron chi connectivity index (χ0n) is 13.7. The van der Waals surface area contributed by atoms with Crippen LogP contribution in [0, 0.1) is 10.1 Å². The van der Waals surface area contributed by atoms with Crippen molar-refractivity contribution in [2.45, 2.75) is 32.0 Å². The molecule has 0 aliphatic carbocycles. The Hall–Kier alpha value is -2.45. The molecule has 0 unspecified atom stereocenters. The minimum atomic E-state index is -0.478. The van der Waals surface area contributed by atoms with Crippen LogP contribution in [0.4, 0.5) is 5.69 Å². The predicted molar refractivity (Wildman–Crippen MR) is 89.0 cm³/mol. The van der Waals surface area contributed by atoms with E-state index < -0.39 is 4.92 Å². The first-order valence-electron chi connectivity index (χ1n) is 8.23. The summed E-state index contributed by atoms with van der Waals surface area (Å²) in [6, 6.07) is 2.81. The molecule has 8 heteroatoms. The molecule has 1 saturated heterocycles. The Balaban J connectivity index is 1.64. The van der Waals surface area contributed by atoms with Crippen molar-refractivity contribution >= 4 is 17.7 Å². The van der Waals surface area contributed by atoms with Crippen molar-refractivity contribution in [3.05, 3.63) is 39.4 Å². The van der Waals surface area contributed by atoms with Crippen molar-refractivity contribution in [3.8, 4) is 5.75 Å². The molecule has 3 rings (SSSR count). The number of hydrogen-bond donors (Lipinski definition) is 1. The highest BCUT2D eigenvalue weighted by atomic mass is 16.7. The lowest BCUT2D eigenvalue weighted by Crippen LogP contribution is -2.25. The molecule has 1 atom stereocenters. The number of carbonyl (C=O) groups excluding carboxylic acids is 1. The maximum Gasteiger partial charge on any atom is 0.270 e. The molecule has 1 N–H and O–H groups in total. The first-order valence-corrected chi connectivity index (χ1v) is 8.23. The Labute approximate surface area is 144 Å². The predicted octanol–water partition coefficient (Wildman–Crippen LogP) is 2.16. The van der Waals surface area contributed by atoms with Crippen LogP contribution in [0.25, 0.3) is 6.08 Å². The second-order valence-corrected chi connectivity index (χ2v) is 5.94. The number of fused-ring (bicyclic) bond motifs is 1. The molecule has 8 nitrogen and oxygen atoms in total. The lowest BCUT2D eigenvalue weighted by molar-refractivity contribution is -0.385. The number of nitro groups is 1. The van der Waals surface area contributed by atoms with Gasteiger partial charge in [-0.25, -0.2) is 0 Å². The highest BCUT2D eigenvalue weighted by Crippen LogP contribution is 2.33. The molecule has 0 aromatic heterocycles. The van der Waals surface area contributed by atoms with Gasteiger partial charge in [0.1, 0.15) is 5.75 Å². The first-order chi connectivity index (χ1) is 12.1. The second kappa shape index (κ2) is 8.09. The van der Waals surface area contributed by atoms with Crippen LogP contribution in [0.15, 0.2) is 18.2 Å². The molecule has 0 spiro atoms. The molecule has 2 aliphatic heterocycles. The Bertz CT molecular complexity index is 682. The van der Waals surface area contributed by atoms with Crippen molar-refractivity contribution in [2.75, 3.05) is 19.9 Å². The van der Waals surface area contributed by atoms with Crippen LogP contribution in [-0.2, 0) is 20.9 Å². The molecule has 1 amide bonds. The highest BCUT2D eigenvalue weighted by molar-refractivity contribution is 5.92. The summed E-state index contributed by atoms with van der Waals surface area (Å²) >= 11 is 0. The maximum absolute atomic E-state index is 11.9. The number of non-ortho nitro benzene ring substituents is 1. The Morgan fingerprint density at radius 2 is 2.32 bits per heavy atom. The quantitative estimate of drug-likeness (QED) is 0.480. The summed E-state index contributed by atoms with van der Waals surface area (Å²) in [4.78, 5) is 22.5. The van der Waals surface area contributed by atoms with Gasteiger partial charge in [0, 0.05) is 42.5 Å². The number of carbonyl (C=O) groups is 1. The van der Waals surface area contributed by atoms with E-state index >= 15 is 0 Å². The lowest BCUT2D eigenvalue weighted by Gasteiger charge is -2.19. The number of benzene rings is 1. The third kappa shape index (κ3) is 4.55. The minimum absolute atomic E-state index is 0.0636. The fourth-order valence-electron chi connectivity index (χ4n) is 2.91. The van der Waals surface area contributed by atoms with E-state index in [2.05, 4.69) is 5.32 Å². The second-order valence-electron chi connectivity index (χ2n) is 5.94. The molecule has 0 saturated carbocycles. The van der Waals surface area contributed by atoms with Crippen molar-refractivity contribution in [1.82, 2.24) is 5.32 Å². The number of rotatable bonds is 6. The average Bonchev–Trinajstić information content (AvgIpc) is 3.12. The number of ether oxygens (including phenoxy) is 3. The molecule has 1 fully saturated rings. The summed E-state index contributed by atoms with van der Waals surface area (Å²) in [7, 11) is 0.